The molecule has 0 fully saturated rings. The van der Waals surface area contributed by atoms with Crippen molar-refractivity contribution in [1.82, 2.24) is 0 Å². The number of benzene rings is 1. The summed E-state index contributed by atoms with van der Waals surface area (Å²) >= 11 is -0.699. The van der Waals surface area contributed by atoms with Crippen molar-refractivity contribution in [2.75, 3.05) is 0 Å². The number of non-ortho nitro benzene ring substituents is 1. The normalized spacial score (nSPS) is 12.1. The zero-order chi connectivity index (χ0) is 14.0. The number of nitrogens with zero attached hydrogens (tertiary/aromatic N) is 2. The molecule has 0 N–H and O–H groups in total. The van der Waals surface area contributed by atoms with Gasteiger partial charge in [-0.2, -0.15) is 0 Å². The summed E-state index contributed by atoms with van der Waals surface area (Å²) in [7, 11) is 0. The van der Waals surface area contributed by atoms with Crippen LogP contribution >= 0.6 is 11.3 Å². The van der Waals surface area contributed by atoms with E-state index in [9.17, 15) is 24.8 Å². The highest BCUT2D eigenvalue weighted by atomic mass is 32.2. The van der Waals surface area contributed by atoms with Crippen LogP contribution in [0.2, 0.25) is 0 Å². The summed E-state index contributed by atoms with van der Waals surface area (Å²) in [6.45, 7) is 0. The van der Waals surface area contributed by atoms with Crippen molar-refractivity contribution in [3.05, 3.63) is 55.9 Å². The van der Waals surface area contributed by atoms with Crippen molar-refractivity contribution >= 4 is 33.9 Å². The van der Waals surface area contributed by atoms with E-state index in [1.807, 2.05) is 0 Å². The molecule has 0 bridgehead atoms. The Balaban J connectivity index is 2.33. The molecule has 0 spiro atoms. The Labute approximate surface area is 114 Å². The fraction of sp³-hybridized carbons (Fsp3) is 0. The fourth-order valence-corrected chi connectivity index (χ4v) is 3.68. The maximum atomic E-state index is 12.2. The van der Waals surface area contributed by atoms with Gasteiger partial charge in [0.25, 0.3) is 9.90 Å². The van der Waals surface area contributed by atoms with Crippen LogP contribution in [-0.2, 0) is 11.2 Å². The molecule has 1 aromatic carbocycles. The van der Waals surface area contributed by atoms with Gasteiger partial charge in [0, 0.05) is 46.9 Å². The third-order valence-corrected chi connectivity index (χ3v) is 4.92. The highest BCUT2D eigenvalue weighted by Gasteiger charge is 2.28. The summed E-state index contributed by atoms with van der Waals surface area (Å²) < 4.78 is 12.3. The molecule has 0 saturated carbocycles. The molecule has 7 nitrogen and oxygen atoms in total. The van der Waals surface area contributed by atoms with Crippen LogP contribution in [0.4, 0.5) is 11.4 Å². The Hall–Kier alpha value is -1.97. The highest BCUT2D eigenvalue weighted by Crippen LogP contribution is 2.34. The lowest BCUT2D eigenvalue weighted by Gasteiger charge is -2.06. The van der Waals surface area contributed by atoms with Gasteiger partial charge in [0.05, 0.1) is 9.85 Å². The van der Waals surface area contributed by atoms with Gasteiger partial charge in [0.1, 0.15) is 0 Å². The third kappa shape index (κ3) is 2.72. The second-order valence-electron chi connectivity index (χ2n) is 3.37. The first-order valence-corrected chi connectivity index (χ1v) is 6.92. The third-order valence-electron chi connectivity index (χ3n) is 2.24. The van der Waals surface area contributed by atoms with Gasteiger partial charge in [-0.25, -0.2) is 0 Å². The minimum Gasteiger partial charge on any atom is -0.606 e. The van der Waals surface area contributed by atoms with Gasteiger partial charge in [0.2, 0.25) is 0 Å². The van der Waals surface area contributed by atoms with Gasteiger partial charge in [-0.15, -0.1) is 0 Å². The van der Waals surface area contributed by atoms with Crippen molar-refractivity contribution in [1.29, 1.82) is 0 Å². The summed E-state index contributed by atoms with van der Waals surface area (Å²) in [5, 5.41) is 22.7. The van der Waals surface area contributed by atoms with Crippen LogP contribution in [0.5, 0.6) is 0 Å². The van der Waals surface area contributed by atoms with Gasteiger partial charge in [-0.3, -0.25) is 20.2 Å². The van der Waals surface area contributed by atoms with Crippen LogP contribution in [0.15, 0.2) is 44.8 Å². The molecular formula is C10H6N2O5S2. The maximum absolute atomic E-state index is 12.2. The minimum atomic E-state index is -1.72. The van der Waals surface area contributed by atoms with Crippen LogP contribution in [0.3, 0.4) is 0 Å². The van der Waals surface area contributed by atoms with Crippen LogP contribution < -0.4 is 0 Å². The first kappa shape index (κ1) is 13.5. The van der Waals surface area contributed by atoms with Crippen molar-refractivity contribution in [3.63, 3.8) is 0 Å². The number of thiophene rings is 1. The van der Waals surface area contributed by atoms with Crippen LogP contribution in [-0.4, -0.2) is 14.4 Å². The number of rotatable bonds is 4. The molecule has 9 heteroatoms. The lowest BCUT2D eigenvalue weighted by molar-refractivity contribution is -0.387. The highest BCUT2D eigenvalue weighted by molar-refractivity contribution is 7.93. The second-order valence-corrected chi connectivity index (χ2v) is 5.96. The first-order chi connectivity index (χ1) is 9.00. The number of hydrogen-bond acceptors (Lipinski definition) is 6. The van der Waals surface area contributed by atoms with Crippen LogP contribution in [0.25, 0.3) is 0 Å². The fourth-order valence-electron chi connectivity index (χ4n) is 1.36. The summed E-state index contributed by atoms with van der Waals surface area (Å²) in [6.07, 6.45) is 0. The number of nitro benzene ring substituents is 1. The molecule has 0 aliphatic rings. The smallest absolute Gasteiger partial charge is 0.335 e. The van der Waals surface area contributed by atoms with Crippen molar-refractivity contribution in [2.45, 2.75) is 9.10 Å². The summed E-state index contributed by atoms with van der Waals surface area (Å²) in [5.41, 5.74) is -0.330. The van der Waals surface area contributed by atoms with Gasteiger partial charge in [-0.05, 0) is 0 Å². The van der Waals surface area contributed by atoms with E-state index in [0.29, 0.717) is 0 Å². The van der Waals surface area contributed by atoms with Gasteiger partial charge >= 0.3 is 5.69 Å². The zero-order valence-electron chi connectivity index (χ0n) is 9.22. The van der Waals surface area contributed by atoms with E-state index in [2.05, 4.69) is 0 Å². The van der Waals surface area contributed by atoms with E-state index in [-0.39, 0.29) is 20.5 Å². The average Bonchev–Trinajstić information content (AvgIpc) is 2.87. The second kappa shape index (κ2) is 5.34. The Kier molecular flexibility index (Phi) is 3.79. The molecule has 1 unspecified atom stereocenters. The first-order valence-electron chi connectivity index (χ1n) is 4.89. The average molecular weight is 298 g/mol. The molecule has 19 heavy (non-hydrogen) atoms. The van der Waals surface area contributed by atoms with Crippen molar-refractivity contribution < 1.29 is 14.4 Å². The molecule has 1 atom stereocenters. The molecule has 1 aromatic heterocycles. The number of nitro groups is 2. The van der Waals surface area contributed by atoms with Crippen molar-refractivity contribution in [2.24, 2.45) is 0 Å². The van der Waals surface area contributed by atoms with E-state index < -0.39 is 21.0 Å². The molecule has 0 amide bonds. The summed E-state index contributed by atoms with van der Waals surface area (Å²) in [6, 6.07) is 6.37. The summed E-state index contributed by atoms with van der Waals surface area (Å²) in [4.78, 5) is 20.4. The lowest BCUT2D eigenvalue weighted by atomic mass is 10.3. The quantitative estimate of drug-likeness (QED) is 0.489. The monoisotopic (exact) mass is 298 g/mol. The topological polar surface area (TPSA) is 109 Å². The molecule has 0 radical (unpaired) electrons. The van der Waals surface area contributed by atoms with Crippen LogP contribution in [0, 0.1) is 20.2 Å². The molecule has 0 aliphatic heterocycles. The zero-order valence-corrected chi connectivity index (χ0v) is 10.8. The predicted molar refractivity (Wildman–Crippen MR) is 68.7 cm³/mol. The molecule has 0 saturated heterocycles. The van der Waals surface area contributed by atoms with E-state index in [0.717, 1.165) is 11.3 Å². The molecule has 2 rings (SSSR count). The summed E-state index contributed by atoms with van der Waals surface area (Å²) in [5.74, 6) is 0. The molecule has 0 aliphatic carbocycles. The van der Waals surface area contributed by atoms with E-state index >= 15 is 0 Å². The molecule has 2 aromatic rings. The Bertz CT molecular complexity index is 625. The predicted octanol–water partition coefficient (Wildman–Crippen LogP) is 2.73. The lowest BCUT2D eigenvalue weighted by Crippen LogP contribution is -2.03. The maximum Gasteiger partial charge on any atom is 0.335 e. The Morgan fingerprint density at radius 1 is 1.00 bits per heavy atom. The number of hydrogen-bond donors (Lipinski definition) is 0. The van der Waals surface area contributed by atoms with Crippen molar-refractivity contribution in [3.8, 4) is 0 Å². The Morgan fingerprint density at radius 3 is 2.16 bits per heavy atom. The minimum absolute atomic E-state index is 0.124. The van der Waals surface area contributed by atoms with E-state index in [1.165, 1.54) is 35.7 Å². The molecule has 98 valence electrons. The Morgan fingerprint density at radius 2 is 1.63 bits per heavy atom. The van der Waals surface area contributed by atoms with Gasteiger partial charge in [-0.1, -0.05) is 11.3 Å². The molecular weight excluding hydrogens is 292 g/mol. The van der Waals surface area contributed by atoms with E-state index in [1.54, 1.807) is 0 Å². The largest absolute Gasteiger partial charge is 0.606 e. The molecule has 1 heterocycles. The van der Waals surface area contributed by atoms with Gasteiger partial charge < -0.3 is 4.55 Å². The van der Waals surface area contributed by atoms with Crippen LogP contribution in [0.1, 0.15) is 0 Å². The van der Waals surface area contributed by atoms with E-state index in [4.69, 9.17) is 0 Å². The standard InChI is InChI=1S/C10H6N2O5S2/c13-11(14)7-1-3-8(4-2-7)19(17)10-9(12(15)16)5-6-18-10/h1-6H. The van der Waals surface area contributed by atoms with Gasteiger partial charge in [0.15, 0.2) is 4.90 Å². The SMILES string of the molecule is O=[N+]([O-])c1ccc([S+]([O-])c2sccc2[N+](=O)[O-])cc1.